The van der Waals surface area contributed by atoms with E-state index in [1.807, 2.05) is 0 Å². The number of hydrogen-bond acceptors (Lipinski definition) is 7. The number of nitrogens with one attached hydrogen (secondary N) is 2. The third-order valence-electron chi connectivity index (χ3n) is 4.75. The largest absolute Gasteiger partial charge is 0.479 e. The standard InChI is InChI=1S/C20H27N3O7S/c1-12(21-16(24)9-30-2)19(27)23-11-31-10-15(23)18(26)22-14(17(25)20(28)29)8-13-6-4-3-5-7-13/h3-7,12,14-15,17,25H,8-11H2,1-2H3,(H,21,24)(H,22,26)(H,28,29)/t12-,14-,15-,17?/m0/s1. The van der Waals surface area contributed by atoms with Crippen LogP contribution in [0.1, 0.15) is 12.5 Å². The highest BCUT2D eigenvalue weighted by molar-refractivity contribution is 7.99. The number of hydrogen-bond donors (Lipinski definition) is 4. The maximum Gasteiger partial charge on any atom is 0.334 e. The van der Waals surface area contributed by atoms with E-state index in [-0.39, 0.29) is 18.9 Å². The minimum absolute atomic E-state index is 0.108. The van der Waals surface area contributed by atoms with Crippen molar-refractivity contribution >= 4 is 35.5 Å². The van der Waals surface area contributed by atoms with Crippen LogP contribution in [0, 0.1) is 0 Å². The molecule has 1 aromatic carbocycles. The fourth-order valence-corrected chi connectivity index (χ4v) is 4.33. The van der Waals surface area contributed by atoms with Crippen LogP contribution in [-0.2, 0) is 30.3 Å². The van der Waals surface area contributed by atoms with Crippen molar-refractivity contribution in [3.63, 3.8) is 0 Å². The molecule has 0 aromatic heterocycles. The molecule has 11 heteroatoms. The lowest BCUT2D eigenvalue weighted by atomic mass is 10.0. The summed E-state index contributed by atoms with van der Waals surface area (Å²) in [6, 6.07) is 6.09. The van der Waals surface area contributed by atoms with Crippen LogP contribution in [-0.4, -0.2) is 88.4 Å². The second-order valence-corrected chi connectivity index (χ2v) is 8.13. The molecule has 1 saturated heterocycles. The van der Waals surface area contributed by atoms with E-state index < -0.39 is 47.9 Å². The third-order valence-corrected chi connectivity index (χ3v) is 5.76. The van der Waals surface area contributed by atoms with Gasteiger partial charge in [-0.1, -0.05) is 30.3 Å². The predicted molar refractivity (Wildman–Crippen MR) is 113 cm³/mol. The number of nitrogens with zero attached hydrogens (tertiary/aromatic N) is 1. The number of carboxylic acids is 1. The molecule has 0 aliphatic carbocycles. The average molecular weight is 454 g/mol. The number of aliphatic carboxylic acids is 1. The molecule has 4 N–H and O–H groups in total. The maximum atomic E-state index is 12.9. The fraction of sp³-hybridized carbons (Fsp3) is 0.500. The molecule has 1 unspecified atom stereocenters. The summed E-state index contributed by atoms with van der Waals surface area (Å²) >= 11 is 1.37. The van der Waals surface area contributed by atoms with Crippen LogP contribution < -0.4 is 10.6 Å². The van der Waals surface area contributed by atoms with Gasteiger partial charge in [-0.3, -0.25) is 14.4 Å². The van der Waals surface area contributed by atoms with Crippen LogP contribution in [0.5, 0.6) is 0 Å². The lowest BCUT2D eigenvalue weighted by Crippen LogP contribution is -2.57. The second-order valence-electron chi connectivity index (χ2n) is 7.13. The van der Waals surface area contributed by atoms with Crippen molar-refractivity contribution in [2.24, 2.45) is 0 Å². The molecule has 0 radical (unpaired) electrons. The number of methoxy groups -OCH3 is 1. The molecule has 1 fully saturated rings. The molecule has 2 rings (SSSR count). The summed E-state index contributed by atoms with van der Waals surface area (Å²) in [5, 5.41) is 24.4. The van der Waals surface area contributed by atoms with Gasteiger partial charge in [0.15, 0.2) is 6.10 Å². The van der Waals surface area contributed by atoms with Gasteiger partial charge in [0, 0.05) is 12.9 Å². The van der Waals surface area contributed by atoms with E-state index in [1.165, 1.54) is 30.7 Å². The van der Waals surface area contributed by atoms with Gasteiger partial charge in [0.1, 0.15) is 18.7 Å². The quantitative estimate of drug-likeness (QED) is 0.361. The summed E-state index contributed by atoms with van der Waals surface area (Å²) < 4.78 is 4.73. The Hall–Kier alpha value is -2.63. The van der Waals surface area contributed by atoms with Gasteiger partial charge in [-0.15, -0.1) is 11.8 Å². The highest BCUT2D eigenvalue weighted by Crippen LogP contribution is 2.22. The Morgan fingerprint density at radius 3 is 2.52 bits per heavy atom. The van der Waals surface area contributed by atoms with Crippen molar-refractivity contribution < 1.29 is 34.1 Å². The Labute approximate surface area is 184 Å². The zero-order chi connectivity index (χ0) is 23.0. The van der Waals surface area contributed by atoms with E-state index in [1.54, 1.807) is 30.3 Å². The van der Waals surface area contributed by atoms with Crippen molar-refractivity contribution in [1.29, 1.82) is 0 Å². The van der Waals surface area contributed by atoms with E-state index in [0.717, 1.165) is 5.56 Å². The molecule has 0 bridgehead atoms. The SMILES string of the molecule is COCC(=O)N[C@@H](C)C(=O)N1CSC[C@H]1C(=O)N[C@@H](Cc1ccccc1)C(O)C(=O)O. The number of aliphatic hydroxyl groups is 1. The summed E-state index contributed by atoms with van der Waals surface area (Å²) in [6.45, 7) is 1.32. The van der Waals surface area contributed by atoms with E-state index in [9.17, 15) is 29.4 Å². The highest BCUT2D eigenvalue weighted by Gasteiger charge is 2.38. The summed E-state index contributed by atoms with van der Waals surface area (Å²) in [4.78, 5) is 50.0. The van der Waals surface area contributed by atoms with E-state index in [2.05, 4.69) is 10.6 Å². The molecule has 3 amide bonds. The first-order valence-corrected chi connectivity index (χ1v) is 10.8. The molecule has 1 aromatic rings. The molecule has 4 atom stereocenters. The van der Waals surface area contributed by atoms with Crippen molar-refractivity contribution in [1.82, 2.24) is 15.5 Å². The van der Waals surface area contributed by atoms with Gasteiger partial charge in [-0.2, -0.15) is 0 Å². The van der Waals surface area contributed by atoms with Gasteiger partial charge in [-0.05, 0) is 18.9 Å². The number of thioether (sulfide) groups is 1. The van der Waals surface area contributed by atoms with E-state index >= 15 is 0 Å². The molecular weight excluding hydrogens is 426 g/mol. The predicted octanol–water partition coefficient (Wildman–Crippen LogP) is -0.788. The van der Waals surface area contributed by atoms with Crippen molar-refractivity contribution in [2.75, 3.05) is 25.3 Å². The molecule has 0 saturated carbocycles. The number of aliphatic hydroxyl groups excluding tert-OH is 1. The van der Waals surface area contributed by atoms with Gasteiger partial charge in [0.05, 0.1) is 11.9 Å². The number of carboxylic acid groups (broad SMARTS) is 1. The van der Waals surface area contributed by atoms with Gasteiger partial charge >= 0.3 is 5.97 Å². The smallest absolute Gasteiger partial charge is 0.334 e. The normalized spacial score (nSPS) is 18.7. The van der Waals surface area contributed by atoms with Gasteiger partial charge in [0.25, 0.3) is 0 Å². The number of benzene rings is 1. The van der Waals surface area contributed by atoms with Gasteiger partial charge in [-0.25, -0.2) is 4.79 Å². The van der Waals surface area contributed by atoms with Crippen molar-refractivity contribution in [3.8, 4) is 0 Å². The number of amides is 3. The van der Waals surface area contributed by atoms with Crippen molar-refractivity contribution in [2.45, 2.75) is 37.6 Å². The van der Waals surface area contributed by atoms with Crippen LogP contribution in [0.2, 0.25) is 0 Å². The summed E-state index contributed by atoms with van der Waals surface area (Å²) in [5.41, 5.74) is 0.747. The monoisotopic (exact) mass is 453 g/mol. The minimum atomic E-state index is -1.81. The molecule has 31 heavy (non-hydrogen) atoms. The molecule has 10 nitrogen and oxygen atoms in total. The Morgan fingerprint density at radius 2 is 1.90 bits per heavy atom. The molecular formula is C20H27N3O7S. The Kier molecular flexibility index (Phi) is 9.28. The van der Waals surface area contributed by atoms with Crippen LogP contribution in [0.4, 0.5) is 0 Å². The number of carbonyl (C=O) groups excluding carboxylic acids is 3. The highest BCUT2D eigenvalue weighted by atomic mass is 32.2. The van der Waals surface area contributed by atoms with Crippen LogP contribution >= 0.6 is 11.8 Å². The molecule has 1 heterocycles. The lowest BCUT2D eigenvalue weighted by Gasteiger charge is -2.29. The van der Waals surface area contributed by atoms with Crippen molar-refractivity contribution in [3.05, 3.63) is 35.9 Å². The third kappa shape index (κ3) is 6.94. The first-order valence-electron chi connectivity index (χ1n) is 9.66. The molecule has 0 spiro atoms. The summed E-state index contributed by atoms with van der Waals surface area (Å²) in [5.74, 6) is -2.33. The zero-order valence-electron chi connectivity index (χ0n) is 17.3. The van der Waals surface area contributed by atoms with E-state index in [4.69, 9.17) is 4.74 Å². The van der Waals surface area contributed by atoms with Crippen LogP contribution in [0.3, 0.4) is 0 Å². The first-order chi connectivity index (χ1) is 14.7. The summed E-state index contributed by atoms with van der Waals surface area (Å²) in [7, 11) is 1.36. The molecule has 1 aliphatic rings. The number of ether oxygens (including phenoxy) is 1. The van der Waals surface area contributed by atoms with Gasteiger partial charge < -0.3 is 30.5 Å². The minimum Gasteiger partial charge on any atom is -0.479 e. The number of rotatable bonds is 10. The Bertz CT molecular complexity index is 792. The lowest BCUT2D eigenvalue weighted by molar-refractivity contribution is -0.149. The Morgan fingerprint density at radius 1 is 1.23 bits per heavy atom. The second kappa shape index (κ2) is 11.7. The van der Waals surface area contributed by atoms with Gasteiger partial charge in [0.2, 0.25) is 17.7 Å². The fourth-order valence-electron chi connectivity index (χ4n) is 3.16. The molecule has 1 aliphatic heterocycles. The van der Waals surface area contributed by atoms with Crippen LogP contribution in [0.25, 0.3) is 0 Å². The topological polar surface area (TPSA) is 145 Å². The maximum absolute atomic E-state index is 12.9. The number of carbonyl (C=O) groups is 4. The zero-order valence-corrected chi connectivity index (χ0v) is 18.1. The molecule has 170 valence electrons. The average Bonchev–Trinajstić information content (AvgIpc) is 3.22. The van der Waals surface area contributed by atoms with E-state index in [0.29, 0.717) is 5.75 Å². The van der Waals surface area contributed by atoms with Crippen LogP contribution in [0.15, 0.2) is 30.3 Å². The first kappa shape index (κ1) is 24.6. The Balaban J connectivity index is 2.08. The summed E-state index contributed by atoms with van der Waals surface area (Å²) in [6.07, 6.45) is -1.70.